The molecule has 2 atom stereocenters. The fraction of sp³-hybridized carbons (Fsp3) is 0.667. The summed E-state index contributed by atoms with van der Waals surface area (Å²) in [7, 11) is -3.72. The molecule has 0 radical (unpaired) electrons. The predicted octanol–water partition coefficient (Wildman–Crippen LogP) is 3.45. The van der Waals surface area contributed by atoms with Gasteiger partial charge in [-0.25, -0.2) is 0 Å². The van der Waals surface area contributed by atoms with Crippen LogP contribution < -0.4 is 0 Å². The van der Waals surface area contributed by atoms with Gasteiger partial charge >= 0.3 is 0 Å². The average Bonchev–Trinajstić information content (AvgIpc) is 2.58. The molecule has 0 bridgehead atoms. The Labute approximate surface area is 145 Å². The predicted molar refractivity (Wildman–Crippen MR) is 92.6 cm³/mol. The standard InChI is InChI=1S/C18H28O5S/c1-3-12-21-17-6-4-5-7-18(17)22-13-14-23-24(19,20)16-10-8-15(2)9-11-16/h8-11,17-18H,3-7,12-14H2,1-2H3/t17-,18-/m1/s1. The lowest BCUT2D eigenvalue weighted by Gasteiger charge is -2.31. The maximum Gasteiger partial charge on any atom is 0.297 e. The second kappa shape index (κ2) is 9.51. The molecule has 0 saturated heterocycles. The van der Waals surface area contributed by atoms with Gasteiger partial charge < -0.3 is 9.47 Å². The first-order valence-electron chi connectivity index (χ1n) is 8.72. The topological polar surface area (TPSA) is 61.8 Å². The number of rotatable bonds is 9. The van der Waals surface area contributed by atoms with E-state index in [1.54, 1.807) is 24.3 Å². The van der Waals surface area contributed by atoms with Crippen molar-refractivity contribution in [3.8, 4) is 0 Å². The smallest absolute Gasteiger partial charge is 0.297 e. The Bertz CT molecular complexity index is 582. The molecular weight excluding hydrogens is 328 g/mol. The summed E-state index contributed by atoms with van der Waals surface area (Å²) in [6.45, 7) is 5.01. The van der Waals surface area contributed by atoms with Gasteiger partial charge in [0.1, 0.15) is 0 Å². The number of ether oxygens (including phenoxy) is 2. The molecule has 0 aliphatic heterocycles. The zero-order valence-corrected chi connectivity index (χ0v) is 15.4. The van der Waals surface area contributed by atoms with Crippen molar-refractivity contribution in [2.45, 2.75) is 63.1 Å². The minimum Gasteiger partial charge on any atom is -0.376 e. The van der Waals surface area contributed by atoms with Crippen LogP contribution in [0.5, 0.6) is 0 Å². The number of aryl methyl sites for hydroxylation is 1. The Balaban J connectivity index is 1.77. The number of benzene rings is 1. The zero-order chi connectivity index (χ0) is 17.4. The van der Waals surface area contributed by atoms with Gasteiger partial charge in [-0.05, 0) is 38.3 Å². The highest BCUT2D eigenvalue weighted by atomic mass is 32.2. The molecule has 1 saturated carbocycles. The third-order valence-corrected chi connectivity index (χ3v) is 5.47. The average molecular weight is 356 g/mol. The highest BCUT2D eigenvalue weighted by molar-refractivity contribution is 7.86. The number of hydrogen-bond acceptors (Lipinski definition) is 5. The van der Waals surface area contributed by atoms with E-state index < -0.39 is 10.1 Å². The lowest BCUT2D eigenvalue weighted by molar-refractivity contribution is -0.0957. The van der Waals surface area contributed by atoms with E-state index in [2.05, 4.69) is 6.92 Å². The lowest BCUT2D eigenvalue weighted by Crippen LogP contribution is -2.35. The Hall–Kier alpha value is -0.950. The fourth-order valence-electron chi connectivity index (χ4n) is 2.83. The Morgan fingerprint density at radius 2 is 1.54 bits per heavy atom. The third-order valence-electron chi connectivity index (χ3n) is 4.14. The Morgan fingerprint density at radius 1 is 0.958 bits per heavy atom. The molecule has 2 rings (SSSR count). The molecule has 0 heterocycles. The molecule has 1 aromatic carbocycles. The summed E-state index contributed by atoms with van der Waals surface area (Å²) in [5.41, 5.74) is 1.01. The van der Waals surface area contributed by atoms with Gasteiger partial charge in [0, 0.05) is 6.61 Å². The van der Waals surface area contributed by atoms with Crippen LogP contribution in [0.4, 0.5) is 0 Å². The van der Waals surface area contributed by atoms with Crippen LogP contribution in [0, 0.1) is 6.92 Å². The maximum absolute atomic E-state index is 12.1. The van der Waals surface area contributed by atoms with Crippen LogP contribution in [-0.4, -0.2) is 40.4 Å². The summed E-state index contributed by atoms with van der Waals surface area (Å²) in [6.07, 6.45) is 5.39. The van der Waals surface area contributed by atoms with Gasteiger partial charge in [-0.15, -0.1) is 0 Å². The van der Waals surface area contributed by atoms with Crippen molar-refractivity contribution in [1.82, 2.24) is 0 Å². The second-order valence-electron chi connectivity index (χ2n) is 6.19. The van der Waals surface area contributed by atoms with Crippen LogP contribution in [0.2, 0.25) is 0 Å². The maximum atomic E-state index is 12.1. The summed E-state index contributed by atoms with van der Waals surface area (Å²) in [5, 5.41) is 0. The molecule has 0 aromatic heterocycles. The molecule has 0 amide bonds. The molecule has 1 aliphatic rings. The molecule has 6 heteroatoms. The highest BCUT2D eigenvalue weighted by Gasteiger charge is 2.26. The zero-order valence-electron chi connectivity index (χ0n) is 14.6. The summed E-state index contributed by atoms with van der Waals surface area (Å²) in [5.74, 6) is 0. The molecule has 136 valence electrons. The van der Waals surface area contributed by atoms with Gasteiger partial charge in [-0.2, -0.15) is 8.42 Å². The molecule has 5 nitrogen and oxygen atoms in total. The summed E-state index contributed by atoms with van der Waals surface area (Å²) < 4.78 is 40.9. The lowest BCUT2D eigenvalue weighted by atomic mass is 9.94. The van der Waals surface area contributed by atoms with Crippen LogP contribution in [0.15, 0.2) is 29.2 Å². The van der Waals surface area contributed by atoms with Crippen LogP contribution in [0.1, 0.15) is 44.6 Å². The van der Waals surface area contributed by atoms with Gasteiger partial charge in [-0.1, -0.05) is 37.5 Å². The molecule has 1 aromatic rings. The van der Waals surface area contributed by atoms with E-state index in [4.69, 9.17) is 13.7 Å². The molecule has 0 spiro atoms. The second-order valence-corrected chi connectivity index (χ2v) is 7.81. The van der Waals surface area contributed by atoms with Crippen molar-refractivity contribution < 1.29 is 22.1 Å². The molecule has 24 heavy (non-hydrogen) atoms. The van der Waals surface area contributed by atoms with Gasteiger partial charge in [-0.3, -0.25) is 4.18 Å². The minimum atomic E-state index is -3.72. The van der Waals surface area contributed by atoms with Crippen molar-refractivity contribution in [1.29, 1.82) is 0 Å². The van der Waals surface area contributed by atoms with E-state index >= 15 is 0 Å². The minimum absolute atomic E-state index is 0.0210. The van der Waals surface area contributed by atoms with Crippen LogP contribution in [-0.2, 0) is 23.8 Å². The largest absolute Gasteiger partial charge is 0.376 e. The first-order valence-corrected chi connectivity index (χ1v) is 10.1. The van der Waals surface area contributed by atoms with Gasteiger partial charge in [0.15, 0.2) is 0 Å². The Kier molecular flexibility index (Phi) is 7.68. The van der Waals surface area contributed by atoms with E-state index in [0.29, 0.717) is 0 Å². The molecular formula is C18H28O5S. The van der Waals surface area contributed by atoms with Crippen molar-refractivity contribution in [2.75, 3.05) is 19.8 Å². The van der Waals surface area contributed by atoms with E-state index in [1.165, 1.54) is 0 Å². The molecule has 1 aliphatic carbocycles. The van der Waals surface area contributed by atoms with E-state index in [9.17, 15) is 8.42 Å². The van der Waals surface area contributed by atoms with E-state index in [0.717, 1.165) is 44.3 Å². The van der Waals surface area contributed by atoms with Crippen LogP contribution >= 0.6 is 0 Å². The highest BCUT2D eigenvalue weighted by Crippen LogP contribution is 2.24. The van der Waals surface area contributed by atoms with Crippen molar-refractivity contribution >= 4 is 10.1 Å². The summed E-state index contributed by atoms with van der Waals surface area (Å²) in [4.78, 5) is 0.176. The first kappa shape index (κ1) is 19.4. The fourth-order valence-corrected chi connectivity index (χ4v) is 3.72. The normalized spacial score (nSPS) is 21.8. The van der Waals surface area contributed by atoms with Gasteiger partial charge in [0.2, 0.25) is 0 Å². The molecule has 1 fully saturated rings. The van der Waals surface area contributed by atoms with Crippen molar-refractivity contribution in [2.24, 2.45) is 0 Å². The monoisotopic (exact) mass is 356 g/mol. The Morgan fingerprint density at radius 3 is 2.12 bits per heavy atom. The van der Waals surface area contributed by atoms with Gasteiger partial charge in [0.25, 0.3) is 10.1 Å². The summed E-state index contributed by atoms with van der Waals surface area (Å²) >= 11 is 0. The third kappa shape index (κ3) is 5.84. The quantitative estimate of drug-likeness (QED) is 0.501. The SMILES string of the molecule is CCCO[C@@H]1CCCC[C@H]1OCCOS(=O)(=O)c1ccc(C)cc1. The van der Waals surface area contributed by atoms with Gasteiger partial charge in [0.05, 0.1) is 30.3 Å². The van der Waals surface area contributed by atoms with Crippen LogP contribution in [0.3, 0.4) is 0 Å². The summed E-state index contributed by atoms with van der Waals surface area (Å²) in [6, 6.07) is 6.62. The van der Waals surface area contributed by atoms with E-state index in [-0.39, 0.29) is 30.3 Å². The molecule has 0 N–H and O–H groups in total. The number of hydrogen-bond donors (Lipinski definition) is 0. The molecule has 0 unspecified atom stereocenters. The van der Waals surface area contributed by atoms with Crippen LogP contribution in [0.25, 0.3) is 0 Å². The van der Waals surface area contributed by atoms with Crippen molar-refractivity contribution in [3.05, 3.63) is 29.8 Å². The van der Waals surface area contributed by atoms with E-state index in [1.807, 2.05) is 6.92 Å². The first-order chi connectivity index (χ1) is 11.5. The van der Waals surface area contributed by atoms with Crippen molar-refractivity contribution in [3.63, 3.8) is 0 Å².